The number of aromatic carboxylic acids is 1. The van der Waals surface area contributed by atoms with Crippen LogP contribution in [0.4, 0.5) is 20.2 Å². The summed E-state index contributed by atoms with van der Waals surface area (Å²) >= 11 is 16.3. The van der Waals surface area contributed by atoms with Gasteiger partial charge in [0.15, 0.2) is 0 Å². The fraction of sp³-hybridized carbons (Fsp3) is 0.0769. The Labute approximate surface area is 369 Å². The molecule has 0 aliphatic carbocycles. The van der Waals surface area contributed by atoms with Crippen LogP contribution in [0.3, 0.4) is 0 Å². The van der Waals surface area contributed by atoms with Gasteiger partial charge in [-0.2, -0.15) is 0 Å². The number of anilines is 2. The van der Waals surface area contributed by atoms with Crippen LogP contribution < -0.4 is 32.6 Å². The second kappa shape index (κ2) is 29.5. The molecule has 6 rings (SSSR count). The summed E-state index contributed by atoms with van der Waals surface area (Å²) < 4.78 is 31.0. The summed E-state index contributed by atoms with van der Waals surface area (Å²) in [5.74, 6) is -2.12. The molecule has 0 saturated carbocycles. The highest BCUT2D eigenvalue weighted by molar-refractivity contribution is 6.67. The van der Waals surface area contributed by atoms with Gasteiger partial charge in [-0.25, -0.2) is 18.6 Å². The number of phenolic OH excluding ortho intramolecular Hbond substituents is 1. The van der Waals surface area contributed by atoms with Gasteiger partial charge in [0.1, 0.15) is 51.7 Å². The lowest BCUT2D eigenvalue weighted by Crippen LogP contribution is -2.18. The Morgan fingerprint density at radius 3 is 1.49 bits per heavy atom. The van der Waals surface area contributed by atoms with E-state index in [0.717, 1.165) is 6.07 Å². The molecule has 0 fully saturated rings. The SMILES string of the molecule is CN.CNC(=O)c1cc(Cl)ccn1.CNC(=O)c1cc(Oc2ccc(N)c(F)c2)ccn1.Cl.Nc1ccc(O)cc1F.O=C(Cl)c1cc(Cl)ccn1.O=C(O)c1ccccn1. The number of aromatic hydroxyl groups is 1. The van der Waals surface area contributed by atoms with E-state index in [-0.39, 0.29) is 58.4 Å². The van der Waals surface area contributed by atoms with Crippen molar-refractivity contribution in [3.8, 4) is 17.2 Å². The molecule has 4 heterocycles. The van der Waals surface area contributed by atoms with E-state index >= 15 is 0 Å². The zero-order chi connectivity index (χ0) is 45.2. The van der Waals surface area contributed by atoms with Gasteiger partial charge in [0.05, 0.1) is 11.4 Å². The van der Waals surface area contributed by atoms with Gasteiger partial charge in [0, 0.05) is 67.1 Å². The molecule has 0 aliphatic heterocycles. The minimum absolute atomic E-state index is 0. The van der Waals surface area contributed by atoms with E-state index < -0.39 is 22.8 Å². The standard InChI is InChI=1S/C13H12FN3O2.C7H7ClN2O.C6H3Cl2NO.C6H6FNO.C6H5NO2.CH5N.ClH/c1-16-13(18)12-7-9(4-5-17-12)19-8-2-3-11(15)10(14)6-8;1-9-7(11)6-4-5(8)2-3-10-6;7-4-1-2-9-5(3-4)6(8)10;7-5-3-4(9)1-2-6(5)8;8-6(9)5-3-1-2-4-7-5;1-2;/h2-7H,15H2,1H3,(H,16,18);2-4H,1H3,(H,9,11);1-3H;1-3,9H,8H2;1-4H,(H,8,9);2H2,1H3;1H. The zero-order valence-electron chi connectivity index (χ0n) is 32.2. The van der Waals surface area contributed by atoms with Crippen molar-refractivity contribution in [3.05, 3.63) is 160 Å². The first-order chi connectivity index (χ1) is 28.5. The fourth-order valence-electron chi connectivity index (χ4n) is 3.61. The topological polar surface area (TPSA) is 272 Å². The van der Waals surface area contributed by atoms with Crippen molar-refractivity contribution >= 4 is 81.6 Å². The summed E-state index contributed by atoms with van der Waals surface area (Å²) in [6, 6.07) is 21.6. The van der Waals surface area contributed by atoms with Gasteiger partial charge in [-0.3, -0.25) is 29.3 Å². The first-order valence-corrected chi connectivity index (χ1v) is 17.7. The normalized spacial score (nSPS) is 9.13. The highest BCUT2D eigenvalue weighted by Gasteiger charge is 2.08. The number of nitrogen functional groups attached to an aromatic ring is 2. The second-order valence-corrected chi connectivity index (χ2v) is 11.8. The lowest BCUT2D eigenvalue weighted by atomic mass is 10.3. The number of carbonyl (C=O) groups excluding carboxylic acids is 3. The van der Waals surface area contributed by atoms with Crippen LogP contribution in [0.1, 0.15) is 42.0 Å². The maximum absolute atomic E-state index is 13.3. The third-order valence-corrected chi connectivity index (χ3v) is 7.04. The van der Waals surface area contributed by atoms with Crippen molar-refractivity contribution < 1.29 is 42.9 Å². The van der Waals surface area contributed by atoms with E-state index in [0.29, 0.717) is 27.2 Å². The van der Waals surface area contributed by atoms with Crippen LogP contribution in [-0.4, -0.2) is 74.3 Å². The monoisotopic (exact) mass is 923 g/mol. The van der Waals surface area contributed by atoms with Crippen LogP contribution in [-0.2, 0) is 0 Å². The zero-order valence-corrected chi connectivity index (χ0v) is 35.3. The number of pyridine rings is 4. The van der Waals surface area contributed by atoms with Crippen LogP contribution in [0.15, 0.2) is 116 Å². The average molecular weight is 926 g/mol. The summed E-state index contributed by atoms with van der Waals surface area (Å²) in [4.78, 5) is 57.9. The lowest BCUT2D eigenvalue weighted by molar-refractivity contribution is 0.0689. The molecule has 0 atom stereocenters. The summed E-state index contributed by atoms with van der Waals surface area (Å²) in [6.07, 6.45) is 5.81. The Bertz CT molecular complexity index is 2320. The Morgan fingerprint density at radius 1 is 0.623 bits per heavy atom. The van der Waals surface area contributed by atoms with Crippen LogP contribution >= 0.6 is 47.2 Å². The third kappa shape index (κ3) is 21.2. The molecule has 2 aromatic carbocycles. The van der Waals surface area contributed by atoms with Gasteiger partial charge >= 0.3 is 5.97 Å². The van der Waals surface area contributed by atoms with Gasteiger partial charge in [0.2, 0.25) is 0 Å². The average Bonchev–Trinajstić information content (AvgIpc) is 3.25. The minimum atomic E-state index is -0.990. The smallest absolute Gasteiger partial charge is 0.354 e. The quantitative estimate of drug-likeness (QED) is 0.0501. The molecule has 10 N–H and O–H groups in total. The Balaban J connectivity index is 0.000000753. The van der Waals surface area contributed by atoms with Crippen molar-refractivity contribution in [1.82, 2.24) is 30.6 Å². The van der Waals surface area contributed by atoms with Gasteiger partial charge in [0.25, 0.3) is 17.1 Å². The number of hydrogen-bond donors (Lipinski definition) is 7. The number of nitrogens with zero attached hydrogens (tertiary/aromatic N) is 4. The number of phenols is 1. The fourth-order valence-corrected chi connectivity index (χ4v) is 4.03. The van der Waals surface area contributed by atoms with Crippen molar-refractivity contribution in [2.45, 2.75) is 0 Å². The molecule has 6 aromatic rings. The molecular formula is C39H39Cl4F2N9O7. The molecule has 0 radical (unpaired) electrons. The Hall–Kier alpha value is -6.70. The number of benzene rings is 2. The molecule has 2 amide bonds. The summed E-state index contributed by atoms with van der Waals surface area (Å²) in [5, 5.41) is 22.2. The molecule has 324 valence electrons. The summed E-state index contributed by atoms with van der Waals surface area (Å²) in [5.41, 5.74) is 15.9. The van der Waals surface area contributed by atoms with Crippen LogP contribution in [0.5, 0.6) is 17.2 Å². The molecule has 22 heteroatoms. The van der Waals surface area contributed by atoms with E-state index in [1.165, 1.54) is 87.4 Å². The minimum Gasteiger partial charge on any atom is -0.508 e. The predicted octanol–water partition coefficient (Wildman–Crippen LogP) is 7.05. The van der Waals surface area contributed by atoms with Crippen LogP contribution in [0, 0.1) is 11.6 Å². The summed E-state index contributed by atoms with van der Waals surface area (Å²) in [7, 11) is 4.55. The van der Waals surface area contributed by atoms with Gasteiger partial charge in [-0.05, 0) is 85.4 Å². The number of halogens is 6. The Morgan fingerprint density at radius 2 is 1.08 bits per heavy atom. The number of carboxylic acid groups (broad SMARTS) is 1. The third-order valence-electron chi connectivity index (χ3n) is 6.37. The highest BCUT2D eigenvalue weighted by atomic mass is 35.5. The number of carboxylic acids is 1. The van der Waals surface area contributed by atoms with E-state index in [1.807, 2.05) is 0 Å². The number of nitrogens with one attached hydrogen (secondary N) is 2. The maximum Gasteiger partial charge on any atom is 0.354 e. The van der Waals surface area contributed by atoms with Crippen LogP contribution in [0.2, 0.25) is 10.0 Å². The molecule has 0 bridgehead atoms. The van der Waals surface area contributed by atoms with Gasteiger partial charge < -0.3 is 42.8 Å². The number of aromatic nitrogens is 4. The first kappa shape index (κ1) is 54.3. The number of rotatable bonds is 6. The number of carbonyl (C=O) groups is 4. The molecule has 0 aliphatic rings. The molecule has 0 unspecified atom stereocenters. The van der Waals surface area contributed by atoms with Crippen molar-refractivity contribution in [2.75, 3.05) is 32.6 Å². The van der Waals surface area contributed by atoms with Crippen molar-refractivity contribution in [2.24, 2.45) is 5.73 Å². The first-order valence-electron chi connectivity index (χ1n) is 16.6. The van der Waals surface area contributed by atoms with Gasteiger partial charge in [-0.1, -0.05) is 29.3 Å². The molecule has 61 heavy (non-hydrogen) atoms. The Kier molecular flexibility index (Phi) is 26.3. The van der Waals surface area contributed by atoms with Crippen molar-refractivity contribution in [1.29, 1.82) is 0 Å². The lowest BCUT2D eigenvalue weighted by Gasteiger charge is -2.07. The number of hydrogen-bond acceptors (Lipinski definition) is 13. The summed E-state index contributed by atoms with van der Waals surface area (Å²) in [6.45, 7) is 0. The van der Waals surface area contributed by atoms with E-state index in [9.17, 15) is 28.0 Å². The maximum atomic E-state index is 13.3. The number of nitrogens with two attached hydrogens (primary N) is 3. The molecular weight excluding hydrogens is 886 g/mol. The molecule has 0 saturated heterocycles. The molecule has 16 nitrogen and oxygen atoms in total. The number of amides is 2. The van der Waals surface area contributed by atoms with Crippen molar-refractivity contribution in [3.63, 3.8) is 0 Å². The number of ether oxygens (including phenoxy) is 1. The van der Waals surface area contributed by atoms with E-state index in [2.05, 4.69) is 36.3 Å². The molecule has 4 aromatic heterocycles. The largest absolute Gasteiger partial charge is 0.508 e. The highest BCUT2D eigenvalue weighted by Crippen LogP contribution is 2.24. The van der Waals surface area contributed by atoms with Gasteiger partial charge in [-0.15, -0.1) is 12.4 Å². The second-order valence-electron chi connectivity index (χ2n) is 10.5. The predicted molar refractivity (Wildman–Crippen MR) is 232 cm³/mol. The molecule has 0 spiro atoms. The van der Waals surface area contributed by atoms with E-state index in [1.54, 1.807) is 43.4 Å². The van der Waals surface area contributed by atoms with E-state index in [4.69, 9.17) is 61.2 Å². The van der Waals surface area contributed by atoms with Crippen LogP contribution in [0.25, 0.3) is 0 Å².